The Bertz CT molecular complexity index is 802. The Morgan fingerprint density at radius 3 is 3.19 bits per heavy atom. The predicted molar refractivity (Wildman–Crippen MR) is 85.8 cm³/mol. The van der Waals surface area contributed by atoms with Gasteiger partial charge < -0.3 is 10.3 Å². The fraction of sp³-hybridized carbons (Fsp3) is 0.235. The highest BCUT2D eigenvalue weighted by molar-refractivity contribution is 7.10. The molecule has 2 N–H and O–H groups in total. The van der Waals surface area contributed by atoms with Gasteiger partial charge in [-0.2, -0.15) is 0 Å². The minimum Gasteiger partial charge on any atom is -0.361 e. The summed E-state index contributed by atoms with van der Waals surface area (Å²) in [6.07, 6.45) is 5.19. The van der Waals surface area contributed by atoms with E-state index >= 15 is 0 Å². The van der Waals surface area contributed by atoms with E-state index in [9.17, 15) is 4.79 Å². The zero-order valence-electron chi connectivity index (χ0n) is 11.6. The summed E-state index contributed by atoms with van der Waals surface area (Å²) in [6, 6.07) is 10.1. The van der Waals surface area contributed by atoms with E-state index in [4.69, 9.17) is 0 Å². The number of benzene rings is 1. The summed E-state index contributed by atoms with van der Waals surface area (Å²) in [5.41, 5.74) is 2.94. The number of H-pyrrole nitrogens is 1. The largest absolute Gasteiger partial charge is 0.361 e. The molecule has 0 aliphatic heterocycles. The fourth-order valence-electron chi connectivity index (χ4n) is 3.15. The minimum absolute atomic E-state index is 0.00657. The van der Waals surface area contributed by atoms with Crippen molar-refractivity contribution < 1.29 is 4.79 Å². The predicted octanol–water partition coefficient (Wildman–Crippen LogP) is 4.04. The number of thiophene rings is 1. The van der Waals surface area contributed by atoms with Crippen LogP contribution in [0.15, 0.2) is 41.9 Å². The first kappa shape index (κ1) is 12.7. The van der Waals surface area contributed by atoms with Crippen molar-refractivity contribution >= 4 is 28.1 Å². The van der Waals surface area contributed by atoms with Gasteiger partial charge in [0.15, 0.2) is 0 Å². The third-order valence-corrected chi connectivity index (χ3v) is 5.19. The Morgan fingerprint density at radius 1 is 1.29 bits per heavy atom. The highest BCUT2D eigenvalue weighted by Crippen LogP contribution is 2.33. The number of para-hydroxylation sites is 1. The van der Waals surface area contributed by atoms with Crippen molar-refractivity contribution in [1.82, 2.24) is 10.3 Å². The van der Waals surface area contributed by atoms with Gasteiger partial charge in [0.05, 0.1) is 17.1 Å². The van der Waals surface area contributed by atoms with Crippen molar-refractivity contribution in [3.05, 3.63) is 57.9 Å². The molecule has 0 spiro atoms. The number of nitrogens with one attached hydrogen (secondary N) is 2. The number of aromatic amines is 1. The van der Waals surface area contributed by atoms with Crippen LogP contribution in [-0.4, -0.2) is 10.9 Å². The second-order valence-electron chi connectivity index (χ2n) is 5.46. The number of carbonyl (C=O) groups is 1. The Kier molecular flexibility index (Phi) is 3.04. The average Bonchev–Trinajstić information content (AvgIpc) is 3.15. The van der Waals surface area contributed by atoms with Gasteiger partial charge in [0, 0.05) is 16.5 Å². The highest BCUT2D eigenvalue weighted by Gasteiger charge is 2.23. The first-order valence-corrected chi connectivity index (χ1v) is 8.14. The summed E-state index contributed by atoms with van der Waals surface area (Å²) in [7, 11) is 0. The second kappa shape index (κ2) is 5.04. The fourth-order valence-corrected chi connectivity index (χ4v) is 4.13. The summed E-state index contributed by atoms with van der Waals surface area (Å²) in [5.74, 6) is 0.00657. The lowest BCUT2D eigenvalue weighted by atomic mass is 9.93. The molecule has 21 heavy (non-hydrogen) atoms. The molecular formula is C17H16N2OS. The summed E-state index contributed by atoms with van der Waals surface area (Å²) >= 11 is 1.80. The van der Waals surface area contributed by atoms with Gasteiger partial charge in [0.2, 0.25) is 0 Å². The van der Waals surface area contributed by atoms with Crippen LogP contribution in [0, 0.1) is 0 Å². The number of carbonyl (C=O) groups excluding carboxylic acids is 1. The molecular weight excluding hydrogens is 280 g/mol. The Morgan fingerprint density at radius 2 is 2.24 bits per heavy atom. The van der Waals surface area contributed by atoms with E-state index < -0.39 is 0 Å². The summed E-state index contributed by atoms with van der Waals surface area (Å²) in [5, 5.41) is 6.40. The van der Waals surface area contributed by atoms with Crippen molar-refractivity contribution in [1.29, 1.82) is 0 Å². The van der Waals surface area contributed by atoms with Gasteiger partial charge >= 0.3 is 0 Å². The summed E-state index contributed by atoms with van der Waals surface area (Å²) in [6.45, 7) is 0. The van der Waals surface area contributed by atoms with E-state index in [1.807, 2.05) is 30.5 Å². The molecule has 4 rings (SSSR count). The van der Waals surface area contributed by atoms with E-state index in [1.165, 1.54) is 10.4 Å². The molecule has 1 amide bonds. The molecule has 1 atom stereocenters. The molecule has 106 valence electrons. The SMILES string of the molecule is O=C(NC1CCCc2sccc21)c1cccc2cc[nH]c12. The van der Waals surface area contributed by atoms with Crippen LogP contribution in [0.5, 0.6) is 0 Å². The molecule has 3 aromatic rings. The van der Waals surface area contributed by atoms with Gasteiger partial charge in [-0.1, -0.05) is 12.1 Å². The summed E-state index contributed by atoms with van der Waals surface area (Å²) < 4.78 is 0. The van der Waals surface area contributed by atoms with Crippen molar-refractivity contribution in [3.63, 3.8) is 0 Å². The number of fused-ring (bicyclic) bond motifs is 2. The molecule has 0 fully saturated rings. The van der Waals surface area contributed by atoms with Crippen molar-refractivity contribution in [3.8, 4) is 0 Å². The molecule has 2 aromatic heterocycles. The minimum atomic E-state index is 0.00657. The highest BCUT2D eigenvalue weighted by atomic mass is 32.1. The number of hydrogen-bond acceptors (Lipinski definition) is 2. The second-order valence-corrected chi connectivity index (χ2v) is 6.47. The number of rotatable bonds is 2. The molecule has 4 heteroatoms. The van der Waals surface area contributed by atoms with Gasteiger partial charge in [0.25, 0.3) is 5.91 Å². The molecule has 1 aliphatic rings. The van der Waals surface area contributed by atoms with Gasteiger partial charge in [-0.25, -0.2) is 0 Å². The molecule has 0 bridgehead atoms. The van der Waals surface area contributed by atoms with Crippen molar-refractivity contribution in [2.45, 2.75) is 25.3 Å². The first-order valence-electron chi connectivity index (χ1n) is 7.26. The number of amides is 1. The lowest BCUT2D eigenvalue weighted by Crippen LogP contribution is -2.30. The van der Waals surface area contributed by atoms with Crippen LogP contribution in [0.4, 0.5) is 0 Å². The maximum atomic E-state index is 12.6. The third kappa shape index (κ3) is 2.16. The van der Waals surface area contributed by atoms with Gasteiger partial charge in [-0.3, -0.25) is 4.79 Å². The average molecular weight is 296 g/mol. The molecule has 2 heterocycles. The van der Waals surface area contributed by atoms with Gasteiger partial charge in [-0.15, -0.1) is 11.3 Å². The quantitative estimate of drug-likeness (QED) is 0.736. The third-order valence-electron chi connectivity index (χ3n) is 4.19. The lowest BCUT2D eigenvalue weighted by molar-refractivity contribution is 0.0934. The van der Waals surface area contributed by atoms with Gasteiger partial charge in [0.1, 0.15) is 0 Å². The normalized spacial score (nSPS) is 17.6. The van der Waals surface area contributed by atoms with Crippen LogP contribution in [0.2, 0.25) is 0 Å². The molecule has 1 aliphatic carbocycles. The first-order chi connectivity index (χ1) is 10.3. The van der Waals surface area contributed by atoms with Crippen molar-refractivity contribution in [2.24, 2.45) is 0 Å². The summed E-state index contributed by atoms with van der Waals surface area (Å²) in [4.78, 5) is 17.2. The molecule has 1 unspecified atom stereocenters. The topological polar surface area (TPSA) is 44.9 Å². The van der Waals surface area contributed by atoms with Crippen LogP contribution >= 0.6 is 11.3 Å². The van der Waals surface area contributed by atoms with Crippen LogP contribution < -0.4 is 5.32 Å². The van der Waals surface area contributed by atoms with E-state index in [1.54, 1.807) is 11.3 Å². The Labute approximate surface area is 127 Å². The zero-order chi connectivity index (χ0) is 14.2. The Balaban J connectivity index is 1.64. The number of aromatic nitrogens is 1. The maximum absolute atomic E-state index is 12.6. The monoisotopic (exact) mass is 296 g/mol. The van der Waals surface area contributed by atoms with Crippen LogP contribution in [0.3, 0.4) is 0 Å². The van der Waals surface area contributed by atoms with E-state index in [0.29, 0.717) is 0 Å². The molecule has 0 radical (unpaired) electrons. The zero-order valence-corrected chi connectivity index (χ0v) is 12.4. The van der Waals surface area contributed by atoms with Crippen LogP contribution in [0.1, 0.15) is 39.7 Å². The van der Waals surface area contributed by atoms with E-state index in [2.05, 4.69) is 21.7 Å². The van der Waals surface area contributed by atoms with Crippen LogP contribution in [0.25, 0.3) is 10.9 Å². The van der Waals surface area contributed by atoms with Crippen molar-refractivity contribution in [2.75, 3.05) is 0 Å². The van der Waals surface area contributed by atoms with Crippen LogP contribution in [-0.2, 0) is 6.42 Å². The lowest BCUT2D eigenvalue weighted by Gasteiger charge is -2.23. The maximum Gasteiger partial charge on any atom is 0.253 e. The van der Waals surface area contributed by atoms with E-state index in [0.717, 1.165) is 35.7 Å². The van der Waals surface area contributed by atoms with Gasteiger partial charge in [-0.05, 0) is 48.4 Å². The molecule has 1 aromatic carbocycles. The standard InChI is InChI=1S/C17H16N2OS/c20-17(13-4-1-3-11-7-9-18-16(11)13)19-14-5-2-6-15-12(14)8-10-21-15/h1,3-4,7-10,14,18H,2,5-6H2,(H,19,20). The Hall–Kier alpha value is -2.07. The van der Waals surface area contributed by atoms with E-state index in [-0.39, 0.29) is 11.9 Å². The number of aryl methyl sites for hydroxylation is 1. The molecule has 0 saturated carbocycles. The molecule has 3 nitrogen and oxygen atoms in total. The molecule has 0 saturated heterocycles. The smallest absolute Gasteiger partial charge is 0.253 e. The number of hydrogen-bond donors (Lipinski definition) is 2.